The van der Waals surface area contributed by atoms with Gasteiger partial charge in [0.1, 0.15) is 5.69 Å². The number of carbonyl (C=O) groups is 1. The maximum atomic E-state index is 13.1. The first-order chi connectivity index (χ1) is 13.6. The van der Waals surface area contributed by atoms with E-state index in [4.69, 9.17) is 5.11 Å². The van der Waals surface area contributed by atoms with Gasteiger partial charge in [-0.3, -0.25) is 4.98 Å². The van der Waals surface area contributed by atoms with Gasteiger partial charge in [0.15, 0.2) is 0 Å². The van der Waals surface area contributed by atoms with Gasteiger partial charge in [-0.1, -0.05) is 36.4 Å². The van der Waals surface area contributed by atoms with Crippen LogP contribution < -0.4 is 5.10 Å². The van der Waals surface area contributed by atoms with Crippen LogP contribution in [0.3, 0.4) is 0 Å². The van der Waals surface area contributed by atoms with Crippen molar-refractivity contribution in [2.24, 2.45) is 0 Å². The molecule has 0 spiro atoms. The molecule has 7 nitrogen and oxygen atoms in total. The second-order valence-electron chi connectivity index (χ2n) is 5.77. The number of aromatic carboxylic acids is 1. The molecular formula is C20H13FIrN5O2-. The molecule has 0 aliphatic carbocycles. The number of hydrogen-bond acceptors (Lipinski definition) is 4. The van der Waals surface area contributed by atoms with Crippen LogP contribution in [0.25, 0.3) is 27.8 Å². The van der Waals surface area contributed by atoms with Gasteiger partial charge in [0.2, 0.25) is 5.95 Å². The summed E-state index contributed by atoms with van der Waals surface area (Å²) in [6, 6.07) is 17.8. The molecule has 147 valence electrons. The van der Waals surface area contributed by atoms with Gasteiger partial charge in [-0.15, -0.1) is 0 Å². The summed E-state index contributed by atoms with van der Waals surface area (Å²) < 4.78 is 14.9. The van der Waals surface area contributed by atoms with Gasteiger partial charge in [-0.05, 0) is 41.0 Å². The van der Waals surface area contributed by atoms with Crippen molar-refractivity contribution < 1.29 is 34.4 Å². The number of halogens is 1. The fourth-order valence-electron chi connectivity index (χ4n) is 2.89. The summed E-state index contributed by atoms with van der Waals surface area (Å²) in [4.78, 5) is 18.1. The Morgan fingerprint density at radius 2 is 1.69 bits per heavy atom. The fourth-order valence-corrected chi connectivity index (χ4v) is 2.89. The van der Waals surface area contributed by atoms with Crippen molar-refractivity contribution in [3.05, 3.63) is 84.7 Å². The molecule has 0 amide bonds. The number of hydrogen-bond donors (Lipinski definition) is 1. The molecule has 0 aliphatic rings. The van der Waals surface area contributed by atoms with Crippen LogP contribution in [0.15, 0.2) is 73.1 Å². The van der Waals surface area contributed by atoms with Crippen LogP contribution in [0, 0.1) is 5.95 Å². The zero-order chi connectivity index (χ0) is 19.5. The van der Waals surface area contributed by atoms with E-state index < -0.39 is 11.9 Å². The van der Waals surface area contributed by atoms with Crippen molar-refractivity contribution in [2.75, 3.05) is 0 Å². The smallest absolute Gasteiger partial charge is 0.354 e. The van der Waals surface area contributed by atoms with Crippen molar-refractivity contribution in [1.29, 1.82) is 0 Å². The number of aromatic nitrogens is 5. The van der Waals surface area contributed by atoms with Gasteiger partial charge in [-0.2, -0.15) is 4.39 Å². The number of carboxylic acid groups (broad SMARTS) is 1. The molecule has 0 unspecified atom stereocenters. The SMILES string of the molecule is Fc1cc(-n2c3ccccc3c3cccnc32)[n-]n1.O=C(O)c1ccccn1.[Ir]. The van der Waals surface area contributed by atoms with Crippen molar-refractivity contribution in [3.63, 3.8) is 0 Å². The Labute approximate surface area is 177 Å². The van der Waals surface area contributed by atoms with Gasteiger partial charge in [0.05, 0.1) is 5.65 Å². The van der Waals surface area contributed by atoms with E-state index in [0.717, 1.165) is 21.9 Å². The summed E-state index contributed by atoms with van der Waals surface area (Å²) >= 11 is 0. The Bertz CT molecular complexity index is 1220. The van der Waals surface area contributed by atoms with E-state index in [9.17, 15) is 9.18 Å². The van der Waals surface area contributed by atoms with Crippen LogP contribution in [0.4, 0.5) is 4.39 Å². The molecule has 9 heteroatoms. The Morgan fingerprint density at radius 1 is 0.966 bits per heavy atom. The van der Waals surface area contributed by atoms with Crippen LogP contribution in [0.2, 0.25) is 0 Å². The van der Waals surface area contributed by atoms with Crippen LogP contribution in [0.1, 0.15) is 10.5 Å². The van der Waals surface area contributed by atoms with Gasteiger partial charge in [0, 0.05) is 37.9 Å². The van der Waals surface area contributed by atoms with Crippen molar-refractivity contribution in [1.82, 2.24) is 24.7 Å². The summed E-state index contributed by atoms with van der Waals surface area (Å²) in [7, 11) is 0. The number of rotatable bonds is 2. The van der Waals surface area contributed by atoms with Gasteiger partial charge >= 0.3 is 5.97 Å². The van der Waals surface area contributed by atoms with E-state index >= 15 is 0 Å². The van der Waals surface area contributed by atoms with E-state index in [1.807, 2.05) is 41.0 Å². The second kappa shape index (κ2) is 8.72. The average Bonchev–Trinajstić information content (AvgIpc) is 3.30. The minimum absolute atomic E-state index is 0. The molecule has 5 aromatic rings. The van der Waals surface area contributed by atoms with E-state index in [-0.39, 0.29) is 25.8 Å². The molecule has 0 fully saturated rings. The molecule has 0 saturated heterocycles. The minimum Gasteiger partial charge on any atom is -0.477 e. The molecule has 0 aliphatic heterocycles. The zero-order valence-electron chi connectivity index (χ0n) is 14.7. The predicted molar refractivity (Wildman–Crippen MR) is 101 cm³/mol. The monoisotopic (exact) mass is 567 g/mol. The summed E-state index contributed by atoms with van der Waals surface area (Å²) in [5, 5.41) is 17.7. The van der Waals surface area contributed by atoms with E-state index in [1.54, 1.807) is 18.3 Å². The molecule has 5 rings (SSSR count). The maximum Gasteiger partial charge on any atom is 0.354 e. The molecule has 0 bridgehead atoms. The summed E-state index contributed by atoms with van der Waals surface area (Å²) in [5.74, 6) is -1.13. The molecule has 4 aromatic heterocycles. The summed E-state index contributed by atoms with van der Waals surface area (Å²) in [6.07, 6.45) is 3.16. The Kier molecular flexibility index (Phi) is 6.11. The van der Waals surface area contributed by atoms with Crippen LogP contribution in [0.5, 0.6) is 0 Å². The first kappa shape index (κ1) is 20.3. The largest absolute Gasteiger partial charge is 0.477 e. The third-order valence-corrected chi connectivity index (χ3v) is 4.04. The van der Waals surface area contributed by atoms with Crippen molar-refractivity contribution in [3.8, 4) is 5.82 Å². The maximum absolute atomic E-state index is 13.1. The van der Waals surface area contributed by atoms with E-state index in [1.165, 1.54) is 18.3 Å². The second-order valence-corrected chi connectivity index (χ2v) is 5.77. The first-order valence-electron chi connectivity index (χ1n) is 8.30. The zero-order valence-corrected chi connectivity index (χ0v) is 17.1. The third kappa shape index (κ3) is 4.06. The normalized spacial score (nSPS) is 10.2. The Hall–Kier alpha value is -3.42. The molecular weight excluding hydrogens is 553 g/mol. The molecule has 29 heavy (non-hydrogen) atoms. The third-order valence-electron chi connectivity index (χ3n) is 4.04. The first-order valence-corrected chi connectivity index (χ1v) is 8.30. The van der Waals surface area contributed by atoms with Gasteiger partial charge in [-0.25, -0.2) is 14.9 Å². The number of fused-ring (bicyclic) bond motifs is 3. The number of benzene rings is 1. The molecule has 0 saturated carbocycles. The Morgan fingerprint density at radius 3 is 2.34 bits per heavy atom. The topological polar surface area (TPSA) is 95.0 Å². The molecule has 0 atom stereocenters. The van der Waals surface area contributed by atoms with Crippen molar-refractivity contribution in [2.45, 2.75) is 0 Å². The molecule has 4 heterocycles. The molecule has 1 radical (unpaired) electrons. The van der Waals surface area contributed by atoms with E-state index in [2.05, 4.69) is 20.2 Å². The van der Waals surface area contributed by atoms with Gasteiger partial charge in [0.25, 0.3) is 0 Å². The van der Waals surface area contributed by atoms with Gasteiger partial charge < -0.3 is 14.8 Å². The minimum atomic E-state index is -0.990. The quantitative estimate of drug-likeness (QED) is 0.352. The van der Waals surface area contributed by atoms with Crippen LogP contribution in [-0.4, -0.2) is 30.7 Å². The standard InChI is InChI=1S/C14H8FN4.C6H5NO2.Ir/c15-12-8-13(18-17-12)19-11-6-2-1-4-9(11)10-5-3-7-16-14(10)19;8-6(9)5-3-1-2-4-7-5;/h1-8H;1-4H,(H,8,9);/q-1;;. The average molecular weight is 567 g/mol. The summed E-state index contributed by atoms with van der Waals surface area (Å²) in [5.41, 5.74) is 1.78. The number of para-hydroxylation sites is 1. The van der Waals surface area contributed by atoms with Crippen LogP contribution in [-0.2, 0) is 20.1 Å². The number of nitrogens with zero attached hydrogens (tertiary/aromatic N) is 5. The van der Waals surface area contributed by atoms with E-state index in [0.29, 0.717) is 5.82 Å². The number of pyridine rings is 2. The molecule has 1 N–H and O–H groups in total. The van der Waals surface area contributed by atoms with Crippen molar-refractivity contribution >= 4 is 27.9 Å². The predicted octanol–water partition coefficient (Wildman–Crippen LogP) is 3.45. The summed E-state index contributed by atoms with van der Waals surface area (Å²) in [6.45, 7) is 0. The Balaban J connectivity index is 0.000000205. The number of carboxylic acids is 1. The molecule has 1 aromatic carbocycles. The van der Waals surface area contributed by atoms with Crippen LogP contribution >= 0.6 is 0 Å². The fraction of sp³-hybridized carbons (Fsp3) is 0.